The van der Waals surface area contributed by atoms with Gasteiger partial charge in [-0.15, -0.1) is 0 Å². The van der Waals surface area contributed by atoms with Gasteiger partial charge in [0.2, 0.25) is 27.5 Å². The van der Waals surface area contributed by atoms with E-state index in [0.717, 1.165) is 164 Å². The van der Waals surface area contributed by atoms with Crippen LogP contribution < -0.4 is 20.9 Å². The van der Waals surface area contributed by atoms with Crippen LogP contribution in [0.2, 0.25) is 0 Å². The van der Waals surface area contributed by atoms with Crippen LogP contribution in [0.3, 0.4) is 0 Å². The first-order valence-electron chi connectivity index (χ1n) is 32.7. The van der Waals surface area contributed by atoms with Crippen LogP contribution in [-0.4, -0.2) is 127 Å². The maximum atomic E-state index is 14.6. The van der Waals surface area contributed by atoms with E-state index in [4.69, 9.17) is 4.98 Å². The van der Waals surface area contributed by atoms with Gasteiger partial charge >= 0.3 is 0 Å². The average molecular weight is 1310 g/mol. The number of fused-ring (bicyclic) bond motifs is 7. The van der Waals surface area contributed by atoms with Crippen LogP contribution in [0.5, 0.6) is 0 Å². The molecule has 0 radical (unpaired) electrons. The first-order valence-corrected chi connectivity index (χ1v) is 37.1. The van der Waals surface area contributed by atoms with E-state index in [9.17, 15) is 43.9 Å². The Bertz CT molecular complexity index is 4040. The number of carbonyl (C=O) groups is 2. The van der Waals surface area contributed by atoms with Crippen molar-refractivity contribution in [1.82, 2.24) is 29.9 Å². The summed E-state index contributed by atoms with van der Waals surface area (Å²) in [4.78, 5) is 43.0. The Kier molecular flexibility index (Phi) is 21.8. The Morgan fingerprint density at radius 1 is 0.835 bits per heavy atom. The zero-order valence-electron chi connectivity index (χ0n) is 54.6. The molecule has 0 bridgehead atoms. The lowest BCUT2D eigenvalue weighted by atomic mass is 9.76. The van der Waals surface area contributed by atoms with E-state index in [1.807, 2.05) is 49.6 Å². The number of amides is 2. The Labute approximate surface area is 539 Å². The van der Waals surface area contributed by atoms with Gasteiger partial charge in [0.1, 0.15) is 24.2 Å². The average Bonchev–Trinajstić information content (AvgIpc) is 1.60. The van der Waals surface area contributed by atoms with Crippen molar-refractivity contribution >= 4 is 86.5 Å². The van der Waals surface area contributed by atoms with Crippen molar-refractivity contribution in [2.45, 2.75) is 210 Å². The Morgan fingerprint density at radius 3 is 2.30 bits per heavy atom. The lowest BCUT2D eigenvalue weighted by molar-refractivity contribution is -0.439. The lowest BCUT2D eigenvalue weighted by Gasteiger charge is -2.35. The number of aromatic nitrogens is 3. The van der Waals surface area contributed by atoms with Gasteiger partial charge in [0.15, 0.2) is 5.71 Å². The Hall–Kier alpha value is -6.43. The van der Waals surface area contributed by atoms with Gasteiger partial charge < -0.3 is 20.9 Å². The van der Waals surface area contributed by atoms with Crippen molar-refractivity contribution in [3.05, 3.63) is 118 Å². The molecule has 0 saturated carbocycles. The monoisotopic (exact) mass is 1300 g/mol. The molecule has 19 nitrogen and oxygen atoms in total. The fraction of sp³-hybridized carbons (Fsp3) is 0.536. The molecule has 0 spiro atoms. The summed E-state index contributed by atoms with van der Waals surface area (Å²) in [6, 6.07) is 19.4. The van der Waals surface area contributed by atoms with Gasteiger partial charge in [0.05, 0.1) is 21.0 Å². The summed E-state index contributed by atoms with van der Waals surface area (Å²) in [5.74, 6) is 1.04. The highest BCUT2D eigenvalue weighted by Crippen LogP contribution is 2.51. The normalized spacial score (nSPS) is 16.8. The van der Waals surface area contributed by atoms with Gasteiger partial charge in [-0.2, -0.15) is 21.4 Å². The summed E-state index contributed by atoms with van der Waals surface area (Å²) in [7, 11) is -11.2. The summed E-state index contributed by atoms with van der Waals surface area (Å²) in [5, 5.41) is 12.3. The SMILES string of the molecule is CCCN1c2ccc3c(S(=O)(=O)N(C)CCCC(=O)NC(C)C(=O)NCc4cc5c(nc4CCCCCC[C@@H](C)c4cnc(C)nc4)NCCC5)cccc3c2C(C)(C)C1CCCCCC1=[N+](CCCS(=O)(=O)O)c2ccc3ccc(S(=O)(=O)O)cc3c2C1(C)C. The number of anilines is 2. The van der Waals surface area contributed by atoms with Crippen molar-refractivity contribution in [2.75, 3.05) is 49.2 Å². The van der Waals surface area contributed by atoms with Crippen molar-refractivity contribution in [3.63, 3.8) is 0 Å². The third-order valence-corrected chi connectivity index (χ3v) is 22.7. The van der Waals surface area contributed by atoms with Crippen LogP contribution in [0.15, 0.2) is 88.9 Å². The van der Waals surface area contributed by atoms with Crippen LogP contribution in [-0.2, 0) is 70.1 Å². The third-order valence-electron chi connectivity index (χ3n) is 19.2. The summed E-state index contributed by atoms with van der Waals surface area (Å²) >= 11 is 0. The molecule has 3 atom stereocenters. The van der Waals surface area contributed by atoms with E-state index in [0.29, 0.717) is 36.2 Å². The molecule has 2 amide bonds. The molecule has 22 heteroatoms. The topological polar surface area (TPSA) is 261 Å². The number of sulfonamides is 1. The largest absolute Gasteiger partial charge is 0.370 e. The molecule has 9 rings (SSSR count). The summed E-state index contributed by atoms with van der Waals surface area (Å²) in [5.41, 5.74) is 8.33. The number of carbonyl (C=O) groups excluding carboxylic acids is 2. The van der Waals surface area contributed by atoms with Crippen molar-refractivity contribution in [1.29, 1.82) is 0 Å². The maximum Gasteiger partial charge on any atom is 0.294 e. The molecular formula is C69H94N9O10S3+. The fourth-order valence-electron chi connectivity index (χ4n) is 14.3. The zero-order chi connectivity index (χ0) is 65.6. The standard InChI is InChI=1S/C69H93N9O10S3/c1-10-37-77-59-35-33-54-55(64(59)68(5,6)61(77)27-16-13-17-28-62-69(7,8)65-56-42-53(91(86,87)88)32-30-49(56)31-34-58(65)78(62)39-21-40-89(81,82)83)24-18-26-60(54)90(84,85)76(9)38-20-29-63(79)74-47(3)67(80)73-43-51-41-50-23-19-36-70-66(50)75-57(51)25-15-12-11-14-22-46(2)52-44-71-48(4)72-45-52/h18,24,26,30-35,41-42,44-47,61H,10-17,19-23,25,27-29,36-40,43H2,1-9H3,(H4-,70,73,74,75,79,80,81,82,83,86,87,88)/p+1/t46-,47?,61?/m1/s1. The maximum absolute atomic E-state index is 14.6. The van der Waals surface area contributed by atoms with E-state index in [1.54, 1.807) is 26.1 Å². The molecular weight excluding hydrogens is 1210 g/mol. The first-order chi connectivity index (χ1) is 43.1. The second-order valence-electron chi connectivity index (χ2n) is 26.5. The van der Waals surface area contributed by atoms with E-state index in [1.165, 1.54) is 22.0 Å². The quantitative estimate of drug-likeness (QED) is 0.0154. The highest BCUT2D eigenvalue weighted by molar-refractivity contribution is 7.89. The van der Waals surface area contributed by atoms with Crippen molar-refractivity contribution < 1.29 is 48.5 Å². The number of nitrogens with zero attached hydrogens (tertiary/aromatic N) is 6. The smallest absolute Gasteiger partial charge is 0.294 e. The number of hydrogen-bond donors (Lipinski definition) is 5. The molecule has 0 aliphatic carbocycles. The highest BCUT2D eigenvalue weighted by Gasteiger charge is 2.48. The third kappa shape index (κ3) is 15.8. The number of rotatable bonds is 31. The van der Waals surface area contributed by atoms with Crippen LogP contribution in [0.4, 0.5) is 17.2 Å². The molecule has 4 aromatic carbocycles. The first kappa shape index (κ1) is 68.9. The van der Waals surface area contributed by atoms with E-state index in [-0.39, 0.29) is 58.9 Å². The number of pyridine rings is 1. The minimum atomic E-state index is -4.48. The zero-order valence-corrected chi connectivity index (χ0v) is 57.0. The second kappa shape index (κ2) is 28.8. The molecule has 2 unspecified atom stereocenters. The van der Waals surface area contributed by atoms with Crippen molar-refractivity contribution in [3.8, 4) is 0 Å². The molecule has 91 heavy (non-hydrogen) atoms. The predicted molar refractivity (Wildman–Crippen MR) is 361 cm³/mol. The van der Waals surface area contributed by atoms with Gasteiger partial charge in [-0.3, -0.25) is 18.7 Å². The molecule has 0 saturated heterocycles. The molecule has 6 aromatic rings. The van der Waals surface area contributed by atoms with Gasteiger partial charge in [-0.25, -0.2) is 27.7 Å². The minimum absolute atomic E-state index is 0.0262. The van der Waals surface area contributed by atoms with Gasteiger partial charge in [0.25, 0.3) is 20.2 Å². The fourth-order valence-corrected chi connectivity index (χ4v) is 16.7. The molecule has 5 heterocycles. The van der Waals surface area contributed by atoms with Crippen LogP contribution in [0.1, 0.15) is 190 Å². The van der Waals surface area contributed by atoms with Crippen LogP contribution in [0.25, 0.3) is 21.5 Å². The predicted octanol–water partition coefficient (Wildman–Crippen LogP) is 11.8. The molecule has 492 valence electrons. The van der Waals surface area contributed by atoms with Crippen LogP contribution in [0, 0.1) is 6.92 Å². The van der Waals surface area contributed by atoms with Crippen molar-refractivity contribution in [2.24, 2.45) is 0 Å². The minimum Gasteiger partial charge on any atom is -0.370 e. The number of benzene rings is 4. The highest BCUT2D eigenvalue weighted by atomic mass is 32.2. The summed E-state index contributed by atoms with van der Waals surface area (Å²) in [6.45, 7) is 19.0. The Balaban J connectivity index is 0.787. The van der Waals surface area contributed by atoms with E-state index < -0.39 is 47.5 Å². The summed E-state index contributed by atoms with van der Waals surface area (Å²) < 4.78 is 100. The summed E-state index contributed by atoms with van der Waals surface area (Å²) in [6.07, 6.45) is 17.5. The molecule has 3 aliphatic rings. The van der Waals surface area contributed by atoms with E-state index >= 15 is 0 Å². The molecule has 3 aliphatic heterocycles. The number of nitrogens with one attached hydrogen (secondary N) is 3. The van der Waals surface area contributed by atoms with Crippen LogP contribution >= 0.6 is 0 Å². The number of hydrogen-bond acceptors (Lipinski definition) is 13. The second-order valence-corrected chi connectivity index (χ2v) is 31.5. The molecule has 2 aromatic heterocycles. The molecule has 0 fully saturated rings. The lowest BCUT2D eigenvalue weighted by Crippen LogP contribution is -2.44. The number of unbranched alkanes of at least 4 members (excludes halogenated alkanes) is 5. The van der Waals surface area contributed by atoms with Gasteiger partial charge in [-0.1, -0.05) is 84.1 Å². The van der Waals surface area contributed by atoms with Gasteiger partial charge in [0, 0.05) is 105 Å². The van der Waals surface area contributed by atoms with Gasteiger partial charge in [-0.05, 0) is 166 Å². The van der Waals surface area contributed by atoms with E-state index in [2.05, 4.69) is 89.1 Å². The Morgan fingerprint density at radius 2 is 1.56 bits per heavy atom. The number of aryl methyl sites for hydroxylation is 3. The molecule has 5 N–H and O–H groups in total.